The van der Waals surface area contributed by atoms with Crippen molar-refractivity contribution in [3.05, 3.63) is 45.1 Å². The van der Waals surface area contributed by atoms with E-state index in [-0.39, 0.29) is 5.91 Å². The Morgan fingerprint density at radius 3 is 2.68 bits per heavy atom. The molecule has 0 fully saturated rings. The molecule has 2 rings (SSSR count). The first kappa shape index (κ1) is 14.0. The van der Waals surface area contributed by atoms with Crippen molar-refractivity contribution in [1.82, 2.24) is 4.57 Å². The summed E-state index contributed by atoms with van der Waals surface area (Å²) in [6.07, 6.45) is 1.25. The lowest BCUT2D eigenvalue weighted by atomic mass is 10.3. The molecule has 0 radical (unpaired) electrons. The van der Waals surface area contributed by atoms with Gasteiger partial charge in [0.2, 0.25) is 0 Å². The third-order valence-electron chi connectivity index (χ3n) is 2.44. The second kappa shape index (κ2) is 6.16. The minimum atomic E-state index is -0.608. The predicted octanol–water partition coefficient (Wildman–Crippen LogP) is 2.74. The van der Waals surface area contributed by atoms with Crippen LogP contribution in [0.15, 0.2) is 45.3 Å². The highest BCUT2D eigenvalue weighted by molar-refractivity contribution is 9.10. The van der Waals surface area contributed by atoms with E-state index in [1.165, 1.54) is 11.3 Å². The first-order chi connectivity index (χ1) is 9.06. The summed E-state index contributed by atoms with van der Waals surface area (Å²) >= 11 is 4.76. The van der Waals surface area contributed by atoms with E-state index >= 15 is 0 Å². The number of thiazole rings is 1. The predicted molar refractivity (Wildman–Crippen MR) is 78.1 cm³/mol. The number of rotatable bonds is 3. The normalized spacial score (nSPS) is 13.3. The molecular formula is C13H13BrN2O2S. The molecule has 1 aromatic heterocycles. The van der Waals surface area contributed by atoms with Crippen LogP contribution in [0.3, 0.4) is 0 Å². The van der Waals surface area contributed by atoms with Crippen molar-refractivity contribution in [2.75, 3.05) is 0 Å². The minimum absolute atomic E-state index is 0.291. The van der Waals surface area contributed by atoms with Gasteiger partial charge in [0.25, 0.3) is 5.91 Å². The molecular weight excluding hydrogens is 328 g/mol. The van der Waals surface area contributed by atoms with Crippen LogP contribution in [-0.2, 0) is 11.8 Å². The number of benzene rings is 1. The van der Waals surface area contributed by atoms with E-state index in [0.29, 0.717) is 10.6 Å². The standard InChI is InChI=1S/C13H13BrN2O2S/c1-9(18-11-5-3-10(14)4-6-11)12(17)15-13-16(2)7-8-19-13/h3-9H,1-2H3/t9-/m1/s1. The number of carbonyl (C=O) groups is 1. The molecule has 0 N–H and O–H groups in total. The summed E-state index contributed by atoms with van der Waals surface area (Å²) in [7, 11) is 1.85. The summed E-state index contributed by atoms with van der Waals surface area (Å²) in [6, 6.07) is 7.34. The lowest BCUT2D eigenvalue weighted by Crippen LogP contribution is -2.25. The highest BCUT2D eigenvalue weighted by Gasteiger charge is 2.13. The lowest BCUT2D eigenvalue weighted by Gasteiger charge is -2.10. The van der Waals surface area contributed by atoms with Crippen LogP contribution in [0.4, 0.5) is 0 Å². The van der Waals surface area contributed by atoms with Crippen LogP contribution in [0.5, 0.6) is 5.75 Å². The van der Waals surface area contributed by atoms with Crippen LogP contribution in [0.2, 0.25) is 0 Å². The summed E-state index contributed by atoms with van der Waals surface area (Å²) in [5.41, 5.74) is 0. The Morgan fingerprint density at radius 1 is 1.42 bits per heavy atom. The Labute approximate surface area is 123 Å². The molecule has 0 saturated heterocycles. The number of hydrogen-bond acceptors (Lipinski definition) is 3. The van der Waals surface area contributed by atoms with Crippen molar-refractivity contribution in [3.8, 4) is 5.75 Å². The third kappa shape index (κ3) is 3.78. The van der Waals surface area contributed by atoms with Crippen LogP contribution >= 0.6 is 27.3 Å². The second-order valence-corrected chi connectivity index (χ2v) is 5.75. The maximum atomic E-state index is 11.9. The molecule has 0 saturated carbocycles. The molecule has 0 bridgehead atoms. The second-order valence-electron chi connectivity index (χ2n) is 3.96. The number of amides is 1. The van der Waals surface area contributed by atoms with Gasteiger partial charge in [-0.05, 0) is 31.2 Å². The SMILES string of the molecule is C[C@@H](Oc1ccc(Br)cc1)C(=O)N=c1sccn1C. The first-order valence-corrected chi connectivity index (χ1v) is 7.34. The molecule has 0 aliphatic carbocycles. The van der Waals surface area contributed by atoms with Crippen LogP contribution < -0.4 is 9.54 Å². The fraction of sp³-hybridized carbons (Fsp3) is 0.231. The van der Waals surface area contributed by atoms with E-state index in [1.807, 2.05) is 30.8 Å². The van der Waals surface area contributed by atoms with Crippen molar-refractivity contribution >= 4 is 33.2 Å². The fourth-order valence-corrected chi connectivity index (χ4v) is 2.39. The number of nitrogens with zero attached hydrogens (tertiary/aromatic N) is 2. The van der Waals surface area contributed by atoms with E-state index in [0.717, 1.165) is 4.47 Å². The molecule has 0 aliphatic rings. The number of aromatic nitrogens is 1. The number of halogens is 1. The Morgan fingerprint density at radius 2 is 2.11 bits per heavy atom. The summed E-state index contributed by atoms with van der Waals surface area (Å²) < 4.78 is 8.32. The molecule has 0 spiro atoms. The molecule has 2 aromatic rings. The quantitative estimate of drug-likeness (QED) is 0.862. The van der Waals surface area contributed by atoms with Gasteiger partial charge in [-0.15, -0.1) is 11.3 Å². The zero-order valence-electron chi connectivity index (χ0n) is 10.5. The van der Waals surface area contributed by atoms with Gasteiger partial charge in [0.05, 0.1) is 0 Å². The average molecular weight is 341 g/mol. The molecule has 6 heteroatoms. The van der Waals surface area contributed by atoms with Gasteiger partial charge >= 0.3 is 0 Å². The van der Waals surface area contributed by atoms with Crippen molar-refractivity contribution in [3.63, 3.8) is 0 Å². The van der Waals surface area contributed by atoms with Gasteiger partial charge in [0.15, 0.2) is 10.9 Å². The summed E-state index contributed by atoms with van der Waals surface area (Å²) in [4.78, 5) is 16.6. The summed E-state index contributed by atoms with van der Waals surface area (Å²) in [5.74, 6) is 0.357. The maximum absolute atomic E-state index is 11.9. The van der Waals surface area contributed by atoms with Crippen molar-refractivity contribution in [1.29, 1.82) is 0 Å². The zero-order valence-corrected chi connectivity index (χ0v) is 12.9. The molecule has 1 amide bonds. The van der Waals surface area contributed by atoms with Crippen LogP contribution in [0.1, 0.15) is 6.92 Å². The highest BCUT2D eigenvalue weighted by atomic mass is 79.9. The van der Waals surface area contributed by atoms with Gasteiger partial charge in [0, 0.05) is 23.1 Å². The number of carbonyl (C=O) groups excluding carboxylic acids is 1. The molecule has 100 valence electrons. The van der Waals surface area contributed by atoms with Crippen LogP contribution in [0, 0.1) is 0 Å². The molecule has 19 heavy (non-hydrogen) atoms. The summed E-state index contributed by atoms with van der Waals surface area (Å²) in [6.45, 7) is 1.70. The molecule has 4 nitrogen and oxygen atoms in total. The van der Waals surface area contributed by atoms with Gasteiger partial charge in [-0.25, -0.2) is 0 Å². The monoisotopic (exact) mass is 340 g/mol. The Balaban J connectivity index is 2.08. The number of hydrogen-bond donors (Lipinski definition) is 0. The molecule has 1 atom stereocenters. The molecule has 1 heterocycles. The Kier molecular flexibility index (Phi) is 4.55. The number of aryl methyl sites for hydroxylation is 1. The van der Waals surface area contributed by atoms with Crippen molar-refractivity contribution in [2.24, 2.45) is 12.0 Å². The van der Waals surface area contributed by atoms with E-state index in [4.69, 9.17) is 4.74 Å². The molecule has 1 aromatic carbocycles. The number of ether oxygens (including phenoxy) is 1. The Hall–Kier alpha value is -1.40. The lowest BCUT2D eigenvalue weighted by molar-refractivity contribution is -0.124. The highest BCUT2D eigenvalue weighted by Crippen LogP contribution is 2.17. The van der Waals surface area contributed by atoms with E-state index in [2.05, 4.69) is 20.9 Å². The van der Waals surface area contributed by atoms with Gasteiger partial charge in [-0.1, -0.05) is 15.9 Å². The van der Waals surface area contributed by atoms with E-state index < -0.39 is 6.10 Å². The van der Waals surface area contributed by atoms with E-state index in [1.54, 1.807) is 23.6 Å². The van der Waals surface area contributed by atoms with Crippen LogP contribution in [-0.4, -0.2) is 16.6 Å². The Bertz CT molecular complexity index is 631. The zero-order chi connectivity index (χ0) is 13.8. The minimum Gasteiger partial charge on any atom is -0.481 e. The van der Waals surface area contributed by atoms with Crippen LogP contribution in [0.25, 0.3) is 0 Å². The maximum Gasteiger partial charge on any atom is 0.289 e. The van der Waals surface area contributed by atoms with Gasteiger partial charge < -0.3 is 9.30 Å². The van der Waals surface area contributed by atoms with E-state index in [9.17, 15) is 4.79 Å². The summed E-state index contributed by atoms with van der Waals surface area (Å²) in [5, 5.41) is 1.88. The smallest absolute Gasteiger partial charge is 0.289 e. The fourth-order valence-electron chi connectivity index (χ4n) is 1.39. The largest absolute Gasteiger partial charge is 0.481 e. The van der Waals surface area contributed by atoms with Crippen molar-refractivity contribution in [2.45, 2.75) is 13.0 Å². The van der Waals surface area contributed by atoms with Crippen molar-refractivity contribution < 1.29 is 9.53 Å². The molecule has 0 aliphatic heterocycles. The topological polar surface area (TPSA) is 43.6 Å². The van der Waals surface area contributed by atoms with Gasteiger partial charge in [-0.2, -0.15) is 4.99 Å². The average Bonchev–Trinajstić information content (AvgIpc) is 2.78. The van der Waals surface area contributed by atoms with Gasteiger partial charge in [-0.3, -0.25) is 4.79 Å². The van der Waals surface area contributed by atoms with Gasteiger partial charge in [0.1, 0.15) is 5.75 Å². The third-order valence-corrected chi connectivity index (χ3v) is 3.82. The molecule has 0 unspecified atom stereocenters. The first-order valence-electron chi connectivity index (χ1n) is 5.67.